The molecule has 1 aromatic carbocycles. The number of hydrogen-bond donors (Lipinski definition) is 1. The molecule has 1 amide bonds. The molecule has 0 spiro atoms. The number of thiophene rings is 1. The third kappa shape index (κ3) is 2.49. The van der Waals surface area contributed by atoms with Crippen LogP contribution < -0.4 is 5.32 Å². The van der Waals surface area contributed by atoms with Gasteiger partial charge in [0.2, 0.25) is 0 Å². The molecule has 0 saturated heterocycles. The average molecular weight is 292 g/mol. The van der Waals surface area contributed by atoms with E-state index in [0.717, 1.165) is 23.5 Å². The van der Waals surface area contributed by atoms with Crippen LogP contribution in [0.2, 0.25) is 4.34 Å². The summed E-state index contributed by atoms with van der Waals surface area (Å²) in [6.07, 6.45) is 0. The Morgan fingerprint density at radius 3 is 2.44 bits per heavy atom. The molecule has 0 fully saturated rings. The molecule has 94 valence electrons. The highest BCUT2D eigenvalue weighted by Gasteiger charge is 2.16. The van der Waals surface area contributed by atoms with Crippen LogP contribution in [0.3, 0.4) is 0 Å². The number of anilines is 1. The topological polar surface area (TPSA) is 29.1 Å². The van der Waals surface area contributed by atoms with E-state index >= 15 is 0 Å². The molecule has 0 aliphatic heterocycles. The molecule has 1 N–H and O–H groups in total. The average Bonchev–Trinajstić information content (AvgIpc) is 2.77. The van der Waals surface area contributed by atoms with Gasteiger partial charge in [-0.25, -0.2) is 13.2 Å². The fourth-order valence-corrected chi connectivity index (χ4v) is 2.18. The van der Waals surface area contributed by atoms with E-state index in [1.54, 1.807) is 0 Å². The summed E-state index contributed by atoms with van der Waals surface area (Å²) in [5.41, 5.74) is -0.427. The van der Waals surface area contributed by atoms with Crippen molar-refractivity contribution in [2.75, 3.05) is 5.32 Å². The van der Waals surface area contributed by atoms with Crippen molar-refractivity contribution in [1.29, 1.82) is 0 Å². The van der Waals surface area contributed by atoms with Crippen molar-refractivity contribution in [2.45, 2.75) is 0 Å². The number of halogens is 4. The van der Waals surface area contributed by atoms with E-state index in [1.807, 2.05) is 0 Å². The minimum absolute atomic E-state index is 0.240. The number of carbonyl (C=O) groups is 1. The van der Waals surface area contributed by atoms with Gasteiger partial charge in [-0.05, 0) is 24.3 Å². The van der Waals surface area contributed by atoms with Gasteiger partial charge < -0.3 is 5.32 Å². The van der Waals surface area contributed by atoms with E-state index in [4.69, 9.17) is 11.6 Å². The van der Waals surface area contributed by atoms with Crippen LogP contribution in [0.1, 0.15) is 9.67 Å². The molecular formula is C11H5ClF3NOS. The van der Waals surface area contributed by atoms with Gasteiger partial charge in [0.25, 0.3) is 5.91 Å². The van der Waals surface area contributed by atoms with Crippen molar-refractivity contribution in [1.82, 2.24) is 0 Å². The number of benzene rings is 1. The Morgan fingerprint density at radius 1 is 1.11 bits per heavy atom. The summed E-state index contributed by atoms with van der Waals surface area (Å²) in [4.78, 5) is 11.9. The van der Waals surface area contributed by atoms with E-state index in [9.17, 15) is 18.0 Å². The van der Waals surface area contributed by atoms with Crippen LogP contribution in [0, 0.1) is 17.5 Å². The third-order valence-electron chi connectivity index (χ3n) is 2.08. The van der Waals surface area contributed by atoms with Crippen LogP contribution in [0.25, 0.3) is 0 Å². The third-order valence-corrected chi connectivity index (χ3v) is 3.31. The lowest BCUT2D eigenvalue weighted by atomic mass is 10.2. The highest BCUT2D eigenvalue weighted by atomic mass is 35.5. The van der Waals surface area contributed by atoms with Crippen LogP contribution in [-0.2, 0) is 0 Å². The molecule has 7 heteroatoms. The zero-order valence-electron chi connectivity index (χ0n) is 8.64. The van der Waals surface area contributed by atoms with Crippen LogP contribution in [0.5, 0.6) is 0 Å². The number of carbonyl (C=O) groups excluding carboxylic acids is 1. The Morgan fingerprint density at radius 2 is 1.83 bits per heavy atom. The van der Waals surface area contributed by atoms with Crippen molar-refractivity contribution in [2.24, 2.45) is 0 Å². The van der Waals surface area contributed by atoms with Gasteiger partial charge in [0.15, 0.2) is 17.5 Å². The van der Waals surface area contributed by atoms with Gasteiger partial charge in [-0.3, -0.25) is 4.79 Å². The quantitative estimate of drug-likeness (QED) is 0.830. The standard InChI is InChI=1S/C11H5ClF3NOS/c12-8-4-3-7(18-8)11(17)16-6-2-1-5(13)9(14)10(6)15/h1-4H,(H,16,17). The molecule has 18 heavy (non-hydrogen) atoms. The van der Waals surface area contributed by atoms with Gasteiger partial charge in [-0.1, -0.05) is 11.6 Å². The SMILES string of the molecule is O=C(Nc1ccc(F)c(F)c1F)c1ccc(Cl)s1. The summed E-state index contributed by atoms with van der Waals surface area (Å²) >= 11 is 6.63. The zero-order valence-corrected chi connectivity index (χ0v) is 10.2. The van der Waals surface area contributed by atoms with E-state index in [-0.39, 0.29) is 4.88 Å². The zero-order chi connectivity index (χ0) is 13.3. The summed E-state index contributed by atoms with van der Waals surface area (Å²) in [6, 6.07) is 4.62. The second-order valence-electron chi connectivity index (χ2n) is 3.28. The fraction of sp³-hybridized carbons (Fsp3) is 0. The van der Waals surface area contributed by atoms with E-state index < -0.39 is 29.0 Å². The maximum absolute atomic E-state index is 13.3. The van der Waals surface area contributed by atoms with Crippen molar-refractivity contribution in [3.63, 3.8) is 0 Å². The molecule has 2 nitrogen and oxygen atoms in total. The molecule has 0 radical (unpaired) electrons. The summed E-state index contributed by atoms with van der Waals surface area (Å²) in [5.74, 6) is -5.02. The Hall–Kier alpha value is -1.53. The van der Waals surface area contributed by atoms with Gasteiger partial charge in [-0.15, -0.1) is 11.3 Å². The second-order valence-corrected chi connectivity index (χ2v) is 5.00. The highest BCUT2D eigenvalue weighted by Crippen LogP contribution is 2.24. The first-order valence-corrected chi connectivity index (χ1v) is 5.88. The van der Waals surface area contributed by atoms with E-state index in [1.165, 1.54) is 12.1 Å². The van der Waals surface area contributed by atoms with Gasteiger partial charge in [0, 0.05) is 0 Å². The second kappa shape index (κ2) is 4.99. The van der Waals surface area contributed by atoms with Crippen molar-refractivity contribution in [3.05, 3.63) is 50.9 Å². The minimum Gasteiger partial charge on any atom is -0.319 e. The first kappa shape index (κ1) is 12.9. The summed E-state index contributed by atoms with van der Waals surface area (Å²) in [5, 5.41) is 2.14. The molecule has 0 aliphatic rings. The lowest BCUT2D eigenvalue weighted by molar-refractivity contribution is 0.103. The van der Waals surface area contributed by atoms with Crippen LogP contribution in [0.4, 0.5) is 18.9 Å². The lowest BCUT2D eigenvalue weighted by Gasteiger charge is -2.05. The minimum atomic E-state index is -1.63. The normalized spacial score (nSPS) is 10.4. The van der Waals surface area contributed by atoms with Crippen molar-refractivity contribution in [3.8, 4) is 0 Å². The largest absolute Gasteiger partial charge is 0.319 e. The van der Waals surface area contributed by atoms with Crippen LogP contribution in [0.15, 0.2) is 24.3 Å². The number of nitrogens with one attached hydrogen (secondary N) is 1. The smallest absolute Gasteiger partial charge is 0.265 e. The van der Waals surface area contributed by atoms with Gasteiger partial charge >= 0.3 is 0 Å². The Balaban J connectivity index is 2.25. The molecule has 1 heterocycles. The summed E-state index contributed by atoms with van der Waals surface area (Å²) in [6.45, 7) is 0. The number of hydrogen-bond acceptors (Lipinski definition) is 2. The Labute approximate surface area is 109 Å². The molecule has 2 rings (SSSR count). The van der Waals surface area contributed by atoms with Crippen molar-refractivity contribution >= 4 is 34.5 Å². The lowest BCUT2D eigenvalue weighted by Crippen LogP contribution is -2.12. The molecule has 0 aliphatic carbocycles. The van der Waals surface area contributed by atoms with Crippen LogP contribution in [-0.4, -0.2) is 5.91 Å². The maximum Gasteiger partial charge on any atom is 0.265 e. The number of rotatable bonds is 2. The Bertz CT molecular complexity index is 614. The molecule has 0 bridgehead atoms. The predicted molar refractivity (Wildman–Crippen MR) is 63.6 cm³/mol. The molecule has 0 atom stereocenters. The summed E-state index contributed by atoms with van der Waals surface area (Å²) in [7, 11) is 0. The monoisotopic (exact) mass is 291 g/mol. The molecule has 0 saturated carbocycles. The van der Waals surface area contributed by atoms with Gasteiger partial charge in [0.1, 0.15) is 0 Å². The molecular weight excluding hydrogens is 287 g/mol. The first-order valence-electron chi connectivity index (χ1n) is 4.69. The number of amides is 1. The van der Waals surface area contributed by atoms with Crippen molar-refractivity contribution < 1.29 is 18.0 Å². The van der Waals surface area contributed by atoms with Gasteiger partial charge in [-0.2, -0.15) is 0 Å². The van der Waals surface area contributed by atoms with E-state index in [2.05, 4.69) is 5.32 Å². The fourth-order valence-electron chi connectivity index (χ4n) is 1.24. The summed E-state index contributed by atoms with van der Waals surface area (Å²) < 4.78 is 39.3. The molecule has 2 aromatic rings. The molecule has 1 aromatic heterocycles. The predicted octanol–water partition coefficient (Wildman–Crippen LogP) is 4.07. The van der Waals surface area contributed by atoms with Gasteiger partial charge in [0.05, 0.1) is 14.9 Å². The molecule has 0 unspecified atom stereocenters. The first-order chi connectivity index (χ1) is 8.49. The van der Waals surface area contributed by atoms with Crippen LogP contribution >= 0.6 is 22.9 Å². The maximum atomic E-state index is 13.3. The highest BCUT2D eigenvalue weighted by molar-refractivity contribution is 7.18. The Kier molecular flexibility index (Phi) is 3.58. The van der Waals surface area contributed by atoms with E-state index in [0.29, 0.717) is 4.34 Å².